The number of hydrogen-bond donors (Lipinski definition) is 1. The fourth-order valence-electron chi connectivity index (χ4n) is 1.19. The van der Waals surface area contributed by atoms with Crippen LogP contribution in [-0.4, -0.2) is 38.3 Å². The Balaban J connectivity index is 0.00000225. The molecule has 0 bridgehead atoms. The number of thiophene rings is 1. The smallest absolute Gasteiger partial charge is 0.0931 e. The molecular weight excluding hydrogens is 267 g/mol. The van der Waals surface area contributed by atoms with Crippen LogP contribution in [0.15, 0.2) is 12.1 Å². The standard InChI is InChI=1S/C10H17ClN2OS.ClH/c1-13(5-7-14-6-4-12)8-9-2-3-10(11)15-9;/h2-3H,4-8,12H2,1H3;1H. The predicted molar refractivity (Wildman–Crippen MR) is 72.8 cm³/mol. The molecule has 0 atom stereocenters. The maximum Gasteiger partial charge on any atom is 0.0931 e. The summed E-state index contributed by atoms with van der Waals surface area (Å²) in [5.74, 6) is 0. The lowest BCUT2D eigenvalue weighted by molar-refractivity contribution is 0.116. The molecule has 2 N–H and O–H groups in total. The Kier molecular flexibility index (Phi) is 9.31. The predicted octanol–water partition coefficient (Wildman–Crippen LogP) is 2.23. The Hall–Kier alpha value is 0.160. The molecule has 94 valence electrons. The van der Waals surface area contributed by atoms with E-state index >= 15 is 0 Å². The van der Waals surface area contributed by atoms with Gasteiger partial charge in [-0.25, -0.2) is 0 Å². The summed E-state index contributed by atoms with van der Waals surface area (Å²) in [6.07, 6.45) is 0. The van der Waals surface area contributed by atoms with Crippen molar-refractivity contribution in [3.8, 4) is 0 Å². The Morgan fingerprint density at radius 2 is 2.19 bits per heavy atom. The molecule has 0 saturated heterocycles. The summed E-state index contributed by atoms with van der Waals surface area (Å²) in [7, 11) is 2.07. The fourth-order valence-corrected chi connectivity index (χ4v) is 2.36. The van der Waals surface area contributed by atoms with Crippen LogP contribution in [0.4, 0.5) is 0 Å². The molecule has 3 nitrogen and oxygen atoms in total. The Labute approximate surface area is 112 Å². The molecule has 0 amide bonds. The van der Waals surface area contributed by atoms with Gasteiger partial charge in [0.15, 0.2) is 0 Å². The van der Waals surface area contributed by atoms with Crippen molar-refractivity contribution < 1.29 is 4.74 Å². The van der Waals surface area contributed by atoms with Gasteiger partial charge in [0, 0.05) is 24.5 Å². The Bertz CT molecular complexity index is 284. The van der Waals surface area contributed by atoms with E-state index in [-0.39, 0.29) is 12.4 Å². The SMILES string of the molecule is CN(CCOCCN)Cc1ccc(Cl)s1.Cl. The molecule has 0 spiro atoms. The van der Waals surface area contributed by atoms with Gasteiger partial charge in [-0.15, -0.1) is 23.7 Å². The summed E-state index contributed by atoms with van der Waals surface area (Å²) in [6, 6.07) is 3.99. The minimum absolute atomic E-state index is 0. The van der Waals surface area contributed by atoms with Crippen molar-refractivity contribution in [3.05, 3.63) is 21.3 Å². The molecule has 0 aromatic carbocycles. The molecule has 0 fully saturated rings. The van der Waals surface area contributed by atoms with Gasteiger partial charge < -0.3 is 10.5 Å². The number of halogens is 2. The highest BCUT2D eigenvalue weighted by Gasteiger charge is 2.02. The van der Waals surface area contributed by atoms with Crippen molar-refractivity contribution in [1.82, 2.24) is 4.90 Å². The third-order valence-corrected chi connectivity index (χ3v) is 3.15. The molecule has 0 unspecified atom stereocenters. The molecule has 0 aliphatic carbocycles. The quantitative estimate of drug-likeness (QED) is 0.781. The Morgan fingerprint density at radius 1 is 1.44 bits per heavy atom. The van der Waals surface area contributed by atoms with Crippen LogP contribution < -0.4 is 5.73 Å². The second-order valence-corrected chi connectivity index (χ2v) is 5.14. The van der Waals surface area contributed by atoms with Crippen LogP contribution in [0.5, 0.6) is 0 Å². The zero-order valence-corrected chi connectivity index (χ0v) is 11.7. The van der Waals surface area contributed by atoms with Crippen LogP contribution in [0.2, 0.25) is 4.34 Å². The topological polar surface area (TPSA) is 38.5 Å². The first kappa shape index (κ1) is 16.2. The van der Waals surface area contributed by atoms with Crippen molar-refractivity contribution in [2.24, 2.45) is 5.73 Å². The summed E-state index contributed by atoms with van der Waals surface area (Å²) < 4.78 is 6.15. The zero-order chi connectivity index (χ0) is 11.1. The average molecular weight is 285 g/mol. The summed E-state index contributed by atoms with van der Waals surface area (Å²) in [4.78, 5) is 3.49. The van der Waals surface area contributed by atoms with Gasteiger partial charge >= 0.3 is 0 Å². The maximum absolute atomic E-state index is 5.85. The van der Waals surface area contributed by atoms with E-state index in [9.17, 15) is 0 Å². The third-order valence-electron chi connectivity index (χ3n) is 1.93. The summed E-state index contributed by atoms with van der Waals surface area (Å²) >= 11 is 7.47. The molecule has 1 aromatic heterocycles. The maximum atomic E-state index is 5.85. The molecule has 1 rings (SSSR count). The van der Waals surface area contributed by atoms with E-state index in [0.29, 0.717) is 13.2 Å². The molecular formula is C10H18Cl2N2OS. The van der Waals surface area contributed by atoms with Gasteiger partial charge in [-0.05, 0) is 19.2 Å². The van der Waals surface area contributed by atoms with Crippen molar-refractivity contribution in [2.45, 2.75) is 6.54 Å². The monoisotopic (exact) mass is 284 g/mol. The molecule has 6 heteroatoms. The van der Waals surface area contributed by atoms with Gasteiger partial charge in [0.25, 0.3) is 0 Å². The second-order valence-electron chi connectivity index (χ2n) is 3.34. The van der Waals surface area contributed by atoms with Gasteiger partial charge in [0.05, 0.1) is 17.6 Å². The molecule has 0 radical (unpaired) electrons. The first-order valence-corrected chi connectivity index (χ1v) is 6.12. The fraction of sp³-hybridized carbons (Fsp3) is 0.600. The van der Waals surface area contributed by atoms with E-state index in [1.165, 1.54) is 4.88 Å². The van der Waals surface area contributed by atoms with Gasteiger partial charge in [-0.2, -0.15) is 0 Å². The van der Waals surface area contributed by atoms with E-state index < -0.39 is 0 Å². The number of nitrogens with zero attached hydrogens (tertiary/aromatic N) is 1. The number of ether oxygens (including phenoxy) is 1. The molecule has 0 saturated carbocycles. The third kappa shape index (κ3) is 6.68. The van der Waals surface area contributed by atoms with Gasteiger partial charge in [0.2, 0.25) is 0 Å². The minimum atomic E-state index is 0. The van der Waals surface area contributed by atoms with E-state index in [1.807, 2.05) is 6.07 Å². The lowest BCUT2D eigenvalue weighted by Gasteiger charge is -2.15. The second kappa shape index (κ2) is 9.22. The van der Waals surface area contributed by atoms with Crippen LogP contribution >= 0.6 is 35.3 Å². The summed E-state index contributed by atoms with van der Waals surface area (Å²) in [6.45, 7) is 3.79. The lowest BCUT2D eigenvalue weighted by atomic mass is 10.4. The number of likely N-dealkylation sites (N-methyl/N-ethyl adjacent to an activating group) is 1. The molecule has 0 aliphatic rings. The molecule has 16 heavy (non-hydrogen) atoms. The van der Waals surface area contributed by atoms with Gasteiger partial charge in [0.1, 0.15) is 0 Å². The Morgan fingerprint density at radius 3 is 2.75 bits per heavy atom. The molecule has 1 heterocycles. The van der Waals surface area contributed by atoms with E-state index in [4.69, 9.17) is 22.1 Å². The lowest BCUT2D eigenvalue weighted by Crippen LogP contribution is -2.23. The van der Waals surface area contributed by atoms with E-state index in [0.717, 1.165) is 24.0 Å². The van der Waals surface area contributed by atoms with Crippen LogP contribution in [0.1, 0.15) is 4.88 Å². The summed E-state index contributed by atoms with van der Waals surface area (Å²) in [5, 5.41) is 0. The minimum Gasteiger partial charge on any atom is -0.379 e. The number of rotatable bonds is 7. The van der Waals surface area contributed by atoms with Crippen molar-refractivity contribution in [1.29, 1.82) is 0 Å². The normalized spacial score (nSPS) is 10.5. The average Bonchev–Trinajstić information content (AvgIpc) is 2.59. The number of nitrogens with two attached hydrogens (primary N) is 1. The largest absolute Gasteiger partial charge is 0.379 e. The van der Waals surface area contributed by atoms with E-state index in [1.54, 1.807) is 11.3 Å². The van der Waals surface area contributed by atoms with Crippen LogP contribution in [0, 0.1) is 0 Å². The zero-order valence-electron chi connectivity index (χ0n) is 9.32. The van der Waals surface area contributed by atoms with Crippen molar-refractivity contribution >= 4 is 35.3 Å². The van der Waals surface area contributed by atoms with Crippen LogP contribution in [0.3, 0.4) is 0 Å². The first-order valence-electron chi connectivity index (χ1n) is 4.93. The highest BCUT2D eigenvalue weighted by molar-refractivity contribution is 7.16. The first-order chi connectivity index (χ1) is 7.22. The van der Waals surface area contributed by atoms with Crippen LogP contribution in [0.25, 0.3) is 0 Å². The summed E-state index contributed by atoms with van der Waals surface area (Å²) in [5.41, 5.74) is 5.32. The van der Waals surface area contributed by atoms with Crippen LogP contribution in [-0.2, 0) is 11.3 Å². The van der Waals surface area contributed by atoms with Crippen molar-refractivity contribution in [3.63, 3.8) is 0 Å². The number of hydrogen-bond acceptors (Lipinski definition) is 4. The van der Waals surface area contributed by atoms with Crippen molar-refractivity contribution in [2.75, 3.05) is 33.4 Å². The molecule has 0 aliphatic heterocycles. The molecule has 1 aromatic rings. The van der Waals surface area contributed by atoms with Gasteiger partial charge in [-0.1, -0.05) is 11.6 Å². The van der Waals surface area contributed by atoms with E-state index in [2.05, 4.69) is 18.0 Å². The highest BCUT2D eigenvalue weighted by Crippen LogP contribution is 2.22. The highest BCUT2D eigenvalue weighted by atomic mass is 35.5. The van der Waals surface area contributed by atoms with Gasteiger partial charge in [-0.3, -0.25) is 4.90 Å².